The molecule has 5 rings (SSSR count). The largest absolute Gasteiger partial charge is 0.486 e. The highest BCUT2D eigenvalue weighted by molar-refractivity contribution is 5.95. The Labute approximate surface area is 162 Å². The maximum Gasteiger partial charge on any atom is 0.254 e. The molecule has 0 saturated carbocycles. The molecule has 2 bridgehead atoms. The molecule has 3 aliphatic heterocycles. The van der Waals surface area contributed by atoms with Crippen LogP contribution in [0.3, 0.4) is 0 Å². The first-order chi connectivity index (χ1) is 13.6. The molecular formula is C22H21F2NO3. The number of hydrogen-bond donors (Lipinski definition) is 0. The van der Waals surface area contributed by atoms with Gasteiger partial charge in [-0.3, -0.25) is 4.79 Å². The van der Waals surface area contributed by atoms with Gasteiger partial charge >= 0.3 is 0 Å². The van der Waals surface area contributed by atoms with Gasteiger partial charge in [-0.05, 0) is 67.5 Å². The Morgan fingerprint density at radius 2 is 1.61 bits per heavy atom. The summed E-state index contributed by atoms with van der Waals surface area (Å²) in [5, 5.41) is 0. The van der Waals surface area contributed by atoms with Crippen molar-refractivity contribution in [1.29, 1.82) is 0 Å². The van der Waals surface area contributed by atoms with Gasteiger partial charge in [0.2, 0.25) is 0 Å². The molecule has 28 heavy (non-hydrogen) atoms. The zero-order valence-corrected chi connectivity index (χ0v) is 15.4. The van der Waals surface area contributed by atoms with Crippen LogP contribution in [-0.4, -0.2) is 36.1 Å². The Kier molecular flexibility index (Phi) is 4.22. The van der Waals surface area contributed by atoms with E-state index in [1.807, 2.05) is 4.90 Å². The van der Waals surface area contributed by atoms with E-state index in [-0.39, 0.29) is 23.9 Å². The lowest BCUT2D eigenvalue weighted by Crippen LogP contribution is -2.46. The third-order valence-corrected chi connectivity index (χ3v) is 6.17. The number of carbonyl (C=O) groups excluding carboxylic acids is 1. The zero-order chi connectivity index (χ0) is 19.3. The number of amides is 1. The molecule has 2 atom stereocenters. The van der Waals surface area contributed by atoms with Crippen molar-refractivity contribution in [1.82, 2.24) is 4.90 Å². The van der Waals surface area contributed by atoms with E-state index in [1.54, 1.807) is 24.3 Å². The molecule has 0 aromatic heterocycles. The monoisotopic (exact) mass is 385 g/mol. The van der Waals surface area contributed by atoms with Gasteiger partial charge in [-0.15, -0.1) is 0 Å². The summed E-state index contributed by atoms with van der Waals surface area (Å²) in [6.07, 6.45) is 3.44. The first-order valence-corrected chi connectivity index (χ1v) is 9.77. The first kappa shape index (κ1) is 17.5. The highest BCUT2D eigenvalue weighted by Gasteiger charge is 2.44. The fraction of sp³-hybridized carbons (Fsp3) is 0.409. The van der Waals surface area contributed by atoms with E-state index in [4.69, 9.17) is 9.47 Å². The summed E-state index contributed by atoms with van der Waals surface area (Å²) in [7, 11) is 0. The molecule has 2 fully saturated rings. The van der Waals surface area contributed by atoms with E-state index in [9.17, 15) is 13.6 Å². The van der Waals surface area contributed by atoms with E-state index >= 15 is 0 Å². The Bertz CT molecular complexity index is 918. The molecule has 3 heterocycles. The van der Waals surface area contributed by atoms with Gasteiger partial charge in [0, 0.05) is 17.6 Å². The number of benzene rings is 2. The highest BCUT2D eigenvalue weighted by Crippen LogP contribution is 2.44. The molecule has 0 radical (unpaired) electrons. The molecular weight excluding hydrogens is 364 g/mol. The molecule has 6 heteroatoms. The van der Waals surface area contributed by atoms with Crippen molar-refractivity contribution < 1.29 is 23.0 Å². The van der Waals surface area contributed by atoms with E-state index < -0.39 is 11.6 Å². The van der Waals surface area contributed by atoms with Crippen LogP contribution in [0.5, 0.6) is 11.5 Å². The fourth-order valence-corrected chi connectivity index (χ4v) is 4.87. The van der Waals surface area contributed by atoms with Crippen LogP contribution >= 0.6 is 0 Å². The molecule has 4 nitrogen and oxygen atoms in total. The molecule has 2 aromatic carbocycles. The Hall–Kier alpha value is -2.63. The number of hydrogen-bond acceptors (Lipinski definition) is 3. The molecule has 1 amide bonds. The summed E-state index contributed by atoms with van der Waals surface area (Å²) in [5.41, 5.74) is 1.43. The second-order valence-corrected chi connectivity index (χ2v) is 7.80. The maximum atomic E-state index is 13.6. The van der Waals surface area contributed by atoms with Gasteiger partial charge < -0.3 is 14.4 Å². The van der Waals surface area contributed by atoms with Crippen LogP contribution in [0.4, 0.5) is 8.78 Å². The number of carbonyl (C=O) groups is 1. The van der Waals surface area contributed by atoms with Crippen LogP contribution in [0.15, 0.2) is 36.4 Å². The van der Waals surface area contributed by atoms with E-state index in [1.165, 1.54) is 12.1 Å². The van der Waals surface area contributed by atoms with Gasteiger partial charge in [0.25, 0.3) is 5.91 Å². The third kappa shape index (κ3) is 2.91. The average molecular weight is 385 g/mol. The summed E-state index contributed by atoms with van der Waals surface area (Å²) in [5.74, 6) is -0.188. The Morgan fingerprint density at radius 1 is 0.893 bits per heavy atom. The summed E-state index contributed by atoms with van der Waals surface area (Å²) in [4.78, 5) is 15.2. The molecule has 3 aliphatic rings. The van der Waals surface area contributed by atoms with Gasteiger partial charge in [-0.1, -0.05) is 6.07 Å². The normalized spacial score (nSPS) is 25.6. The summed E-state index contributed by atoms with van der Waals surface area (Å²) in [6.45, 7) is 0.997. The number of nitrogens with zero attached hydrogens (tertiary/aromatic N) is 1. The minimum Gasteiger partial charge on any atom is -0.486 e. The number of fused-ring (bicyclic) bond motifs is 3. The van der Waals surface area contributed by atoms with Crippen LogP contribution < -0.4 is 9.47 Å². The molecule has 2 saturated heterocycles. The highest BCUT2D eigenvalue weighted by atomic mass is 19.2. The van der Waals surface area contributed by atoms with Crippen LogP contribution in [0.25, 0.3) is 0 Å². The fourth-order valence-electron chi connectivity index (χ4n) is 4.87. The lowest BCUT2D eigenvalue weighted by atomic mass is 9.84. The van der Waals surface area contributed by atoms with Crippen LogP contribution in [-0.2, 0) is 0 Å². The molecule has 146 valence electrons. The summed E-state index contributed by atoms with van der Waals surface area (Å²) in [6, 6.07) is 9.75. The lowest BCUT2D eigenvalue weighted by molar-refractivity contribution is 0.0570. The second kappa shape index (κ2) is 6.76. The quantitative estimate of drug-likeness (QED) is 0.774. The summed E-state index contributed by atoms with van der Waals surface area (Å²) < 4.78 is 38.0. The number of piperidine rings is 1. The molecule has 2 unspecified atom stereocenters. The van der Waals surface area contributed by atoms with Gasteiger partial charge in [-0.25, -0.2) is 8.78 Å². The average Bonchev–Trinajstić information content (AvgIpc) is 2.98. The van der Waals surface area contributed by atoms with Gasteiger partial charge in [0.05, 0.1) is 0 Å². The topological polar surface area (TPSA) is 38.8 Å². The van der Waals surface area contributed by atoms with E-state index in [0.717, 1.165) is 31.2 Å². The molecule has 0 N–H and O–H groups in total. The van der Waals surface area contributed by atoms with Crippen LogP contribution in [0, 0.1) is 11.6 Å². The molecule has 2 aromatic rings. The first-order valence-electron chi connectivity index (χ1n) is 9.77. The van der Waals surface area contributed by atoms with Crippen molar-refractivity contribution >= 4 is 5.91 Å². The van der Waals surface area contributed by atoms with Crippen LogP contribution in [0.1, 0.15) is 47.5 Å². The maximum absolute atomic E-state index is 13.6. The van der Waals surface area contributed by atoms with Gasteiger partial charge in [0.1, 0.15) is 13.2 Å². The van der Waals surface area contributed by atoms with Gasteiger partial charge in [-0.2, -0.15) is 0 Å². The molecule has 0 spiro atoms. The predicted octanol–water partition coefficient (Wildman–Crippen LogP) is 4.29. The van der Waals surface area contributed by atoms with Crippen molar-refractivity contribution in [2.45, 2.75) is 43.7 Å². The number of rotatable bonds is 2. The van der Waals surface area contributed by atoms with Crippen molar-refractivity contribution in [3.05, 3.63) is 59.2 Å². The van der Waals surface area contributed by atoms with E-state index in [2.05, 4.69) is 0 Å². The number of ether oxygens (including phenoxy) is 2. The van der Waals surface area contributed by atoms with Crippen molar-refractivity contribution in [2.75, 3.05) is 13.2 Å². The zero-order valence-electron chi connectivity index (χ0n) is 15.4. The SMILES string of the molecule is O=C(c1ccc2c(c1)OCCO2)N1C2CCC1CC(c1ccc(F)c(F)c1)C2. The second-order valence-electron chi connectivity index (χ2n) is 7.80. The van der Waals surface area contributed by atoms with Crippen molar-refractivity contribution in [3.63, 3.8) is 0 Å². The minimum absolute atomic E-state index is 0.00760. The van der Waals surface area contributed by atoms with Crippen molar-refractivity contribution in [2.24, 2.45) is 0 Å². The van der Waals surface area contributed by atoms with Crippen LogP contribution in [0.2, 0.25) is 0 Å². The predicted molar refractivity (Wildman–Crippen MR) is 98.7 cm³/mol. The van der Waals surface area contributed by atoms with Crippen molar-refractivity contribution in [3.8, 4) is 11.5 Å². The smallest absolute Gasteiger partial charge is 0.254 e. The molecule has 0 aliphatic carbocycles. The van der Waals surface area contributed by atoms with Gasteiger partial charge in [0.15, 0.2) is 23.1 Å². The minimum atomic E-state index is -0.821. The Balaban J connectivity index is 1.36. The van der Waals surface area contributed by atoms with E-state index in [0.29, 0.717) is 30.3 Å². The number of halogens is 2. The standard InChI is InChI=1S/C22H21F2NO3/c23-18-5-1-13(11-19(18)24)15-9-16-3-4-17(10-15)25(16)22(26)14-2-6-20-21(12-14)28-8-7-27-20/h1-2,5-6,11-12,15-17H,3-4,7-10H2. The Morgan fingerprint density at radius 3 is 2.32 bits per heavy atom. The summed E-state index contributed by atoms with van der Waals surface area (Å²) >= 11 is 0. The third-order valence-electron chi connectivity index (χ3n) is 6.17. The lowest BCUT2D eigenvalue weighted by Gasteiger charge is -2.39.